The number of rotatable bonds is 9. The van der Waals surface area contributed by atoms with E-state index in [2.05, 4.69) is 16.4 Å². The van der Waals surface area contributed by atoms with Gasteiger partial charge in [0.2, 0.25) is 5.91 Å². The van der Waals surface area contributed by atoms with Gasteiger partial charge in [0.05, 0.1) is 13.7 Å². The first-order valence-electron chi connectivity index (χ1n) is 9.93. The number of hydrogen-bond donors (Lipinski definition) is 3. The van der Waals surface area contributed by atoms with Gasteiger partial charge in [0.15, 0.2) is 11.5 Å². The van der Waals surface area contributed by atoms with Crippen LogP contribution in [0.1, 0.15) is 30.9 Å². The second-order valence-corrected chi connectivity index (χ2v) is 7.07. The largest absolute Gasteiger partial charge is 0.493 e. The molecule has 2 aromatic carbocycles. The lowest BCUT2D eigenvalue weighted by Crippen LogP contribution is -2.36. The first-order valence-corrected chi connectivity index (χ1v) is 9.93. The standard InChI is InChI=1S/C23H29N3O3/c1-4-29-21-10-9-16(11-22(21)28-3)18(13-26-23(27)15(2)12-24)19-14-25-20-8-6-5-7-17(19)20/h5-11,14-15,18,25H,4,12-13,24H2,1-3H3,(H,26,27). The molecule has 2 unspecified atom stereocenters. The number of carbonyl (C=O) groups is 1. The summed E-state index contributed by atoms with van der Waals surface area (Å²) in [4.78, 5) is 15.7. The lowest BCUT2D eigenvalue weighted by molar-refractivity contribution is -0.124. The van der Waals surface area contributed by atoms with E-state index < -0.39 is 0 Å². The fourth-order valence-corrected chi connectivity index (χ4v) is 3.45. The SMILES string of the molecule is CCOc1ccc(C(CNC(=O)C(C)CN)c2c[nH]c3ccccc23)cc1OC. The average molecular weight is 396 g/mol. The molecule has 0 aliphatic carbocycles. The van der Waals surface area contributed by atoms with Crippen LogP contribution < -0.4 is 20.5 Å². The molecule has 3 rings (SSSR count). The van der Waals surface area contributed by atoms with Gasteiger partial charge in [-0.25, -0.2) is 0 Å². The summed E-state index contributed by atoms with van der Waals surface area (Å²) in [5, 5.41) is 4.19. The van der Waals surface area contributed by atoms with Gasteiger partial charge < -0.3 is 25.5 Å². The molecule has 0 fully saturated rings. The average Bonchev–Trinajstić information content (AvgIpc) is 3.18. The lowest BCUT2D eigenvalue weighted by Gasteiger charge is -2.21. The van der Waals surface area contributed by atoms with Gasteiger partial charge in [-0.2, -0.15) is 0 Å². The number of aromatic nitrogens is 1. The van der Waals surface area contributed by atoms with Gasteiger partial charge in [-0.1, -0.05) is 31.2 Å². The summed E-state index contributed by atoms with van der Waals surface area (Å²) in [6.07, 6.45) is 2.01. The van der Waals surface area contributed by atoms with Crippen molar-refractivity contribution >= 4 is 16.8 Å². The molecule has 4 N–H and O–H groups in total. The summed E-state index contributed by atoms with van der Waals surface area (Å²) in [6, 6.07) is 14.1. The van der Waals surface area contributed by atoms with Crippen LogP contribution in [0.4, 0.5) is 0 Å². The summed E-state index contributed by atoms with van der Waals surface area (Å²) in [7, 11) is 1.63. The monoisotopic (exact) mass is 395 g/mol. The third-order valence-corrected chi connectivity index (χ3v) is 5.17. The van der Waals surface area contributed by atoms with Gasteiger partial charge in [-0.3, -0.25) is 4.79 Å². The maximum atomic E-state index is 12.4. The first-order chi connectivity index (χ1) is 14.1. The van der Waals surface area contributed by atoms with E-state index in [4.69, 9.17) is 15.2 Å². The van der Waals surface area contributed by atoms with Crippen LogP contribution in [-0.2, 0) is 4.79 Å². The number of aromatic amines is 1. The third-order valence-electron chi connectivity index (χ3n) is 5.17. The van der Waals surface area contributed by atoms with Gasteiger partial charge in [-0.15, -0.1) is 0 Å². The zero-order valence-corrected chi connectivity index (χ0v) is 17.2. The van der Waals surface area contributed by atoms with Gasteiger partial charge >= 0.3 is 0 Å². The summed E-state index contributed by atoms with van der Waals surface area (Å²) < 4.78 is 11.2. The molecule has 0 aliphatic heterocycles. The van der Waals surface area contributed by atoms with Crippen LogP contribution in [0, 0.1) is 5.92 Å². The van der Waals surface area contributed by atoms with Crippen molar-refractivity contribution in [3.63, 3.8) is 0 Å². The van der Waals surface area contributed by atoms with E-state index in [1.165, 1.54) is 0 Å². The Bertz CT molecular complexity index is 967. The second-order valence-electron chi connectivity index (χ2n) is 7.07. The molecular formula is C23H29N3O3. The molecule has 0 radical (unpaired) electrons. The Morgan fingerprint density at radius 2 is 2.00 bits per heavy atom. The molecule has 0 spiro atoms. The van der Waals surface area contributed by atoms with Crippen molar-refractivity contribution in [1.29, 1.82) is 0 Å². The number of ether oxygens (including phenoxy) is 2. The van der Waals surface area contributed by atoms with Crippen molar-refractivity contribution < 1.29 is 14.3 Å². The number of hydrogen-bond acceptors (Lipinski definition) is 4. The Balaban J connectivity index is 2.00. The van der Waals surface area contributed by atoms with Crippen LogP contribution >= 0.6 is 0 Å². The molecule has 0 saturated heterocycles. The lowest BCUT2D eigenvalue weighted by atomic mass is 9.90. The van der Waals surface area contributed by atoms with Gasteiger partial charge in [-0.05, 0) is 36.2 Å². The topological polar surface area (TPSA) is 89.4 Å². The number of fused-ring (bicyclic) bond motifs is 1. The minimum Gasteiger partial charge on any atom is -0.493 e. The first kappa shape index (κ1) is 20.7. The summed E-state index contributed by atoms with van der Waals surface area (Å²) >= 11 is 0. The van der Waals surface area contributed by atoms with Gasteiger partial charge in [0, 0.05) is 42.0 Å². The minimum atomic E-state index is -0.228. The molecule has 1 aromatic heterocycles. The zero-order chi connectivity index (χ0) is 20.8. The highest BCUT2D eigenvalue weighted by molar-refractivity contribution is 5.84. The molecule has 6 heteroatoms. The third kappa shape index (κ3) is 4.54. The number of H-pyrrole nitrogens is 1. The molecular weight excluding hydrogens is 366 g/mol. The Morgan fingerprint density at radius 3 is 2.72 bits per heavy atom. The summed E-state index contributed by atoms with van der Waals surface area (Å²) in [5.41, 5.74) is 8.86. The Labute approximate surface area is 171 Å². The number of nitrogens with one attached hydrogen (secondary N) is 2. The van der Waals surface area contributed by atoms with Crippen LogP contribution in [0.3, 0.4) is 0 Å². The Morgan fingerprint density at radius 1 is 1.21 bits per heavy atom. The fourth-order valence-electron chi connectivity index (χ4n) is 3.45. The number of methoxy groups -OCH3 is 1. The predicted molar refractivity (Wildman–Crippen MR) is 116 cm³/mol. The molecule has 1 heterocycles. The van der Waals surface area contributed by atoms with Crippen LogP contribution in [0.2, 0.25) is 0 Å². The van der Waals surface area contributed by atoms with Crippen LogP contribution in [0.25, 0.3) is 10.9 Å². The summed E-state index contributed by atoms with van der Waals surface area (Å²) in [5.74, 6) is 1.06. The smallest absolute Gasteiger partial charge is 0.224 e. The number of benzene rings is 2. The van der Waals surface area contributed by atoms with Crippen molar-refractivity contribution in [2.45, 2.75) is 19.8 Å². The number of amides is 1. The highest BCUT2D eigenvalue weighted by atomic mass is 16.5. The van der Waals surface area contributed by atoms with Crippen molar-refractivity contribution in [1.82, 2.24) is 10.3 Å². The molecule has 154 valence electrons. The van der Waals surface area contributed by atoms with Crippen LogP contribution in [0.5, 0.6) is 11.5 Å². The molecule has 0 saturated carbocycles. The highest BCUT2D eigenvalue weighted by Crippen LogP contribution is 2.35. The molecule has 1 amide bonds. The quantitative estimate of drug-likeness (QED) is 0.518. The summed E-state index contributed by atoms with van der Waals surface area (Å²) in [6.45, 7) is 5.11. The van der Waals surface area contributed by atoms with Crippen LogP contribution in [0.15, 0.2) is 48.7 Å². The molecule has 6 nitrogen and oxygen atoms in total. The maximum absolute atomic E-state index is 12.4. The van der Waals surface area contributed by atoms with E-state index >= 15 is 0 Å². The zero-order valence-electron chi connectivity index (χ0n) is 17.2. The van der Waals surface area contributed by atoms with E-state index in [1.807, 2.05) is 56.4 Å². The minimum absolute atomic E-state index is 0.0461. The molecule has 3 aromatic rings. The van der Waals surface area contributed by atoms with Crippen molar-refractivity contribution in [2.24, 2.45) is 11.7 Å². The second kappa shape index (κ2) is 9.47. The van der Waals surface area contributed by atoms with Crippen molar-refractivity contribution in [3.05, 3.63) is 59.8 Å². The highest BCUT2D eigenvalue weighted by Gasteiger charge is 2.22. The van der Waals surface area contributed by atoms with E-state index in [0.29, 0.717) is 31.2 Å². The number of para-hydroxylation sites is 1. The van der Waals surface area contributed by atoms with E-state index in [1.54, 1.807) is 7.11 Å². The van der Waals surface area contributed by atoms with Gasteiger partial charge in [0.25, 0.3) is 0 Å². The number of nitrogens with two attached hydrogens (primary N) is 1. The van der Waals surface area contributed by atoms with Crippen molar-refractivity contribution in [2.75, 3.05) is 26.8 Å². The van der Waals surface area contributed by atoms with E-state index in [0.717, 1.165) is 22.0 Å². The molecule has 0 aliphatic rings. The normalized spacial score (nSPS) is 13.1. The number of carbonyl (C=O) groups excluding carboxylic acids is 1. The molecule has 2 atom stereocenters. The van der Waals surface area contributed by atoms with Crippen LogP contribution in [-0.4, -0.2) is 37.7 Å². The maximum Gasteiger partial charge on any atom is 0.224 e. The Kier molecular flexibility index (Phi) is 6.77. The van der Waals surface area contributed by atoms with Gasteiger partial charge in [0.1, 0.15) is 0 Å². The molecule has 29 heavy (non-hydrogen) atoms. The fraction of sp³-hybridized carbons (Fsp3) is 0.348. The van der Waals surface area contributed by atoms with Crippen molar-refractivity contribution in [3.8, 4) is 11.5 Å². The molecule has 0 bridgehead atoms. The predicted octanol–water partition coefficient (Wildman–Crippen LogP) is 3.42. The Hall–Kier alpha value is -2.99. The van der Waals surface area contributed by atoms with E-state index in [-0.39, 0.29) is 17.7 Å². The van der Waals surface area contributed by atoms with E-state index in [9.17, 15) is 4.79 Å².